The number of fused-ring (bicyclic) bond motifs is 6. The molecule has 45 heavy (non-hydrogen) atoms. The molecule has 1 N–H and O–H groups in total. The lowest BCUT2D eigenvalue weighted by Gasteiger charge is -2.52. The summed E-state index contributed by atoms with van der Waals surface area (Å²) in [5.74, 6) is 1.28. The molecule has 2 aliphatic heterocycles. The molecular formula is C33H40N2O10. The summed E-state index contributed by atoms with van der Waals surface area (Å²) in [6.45, 7) is 1.65. The van der Waals surface area contributed by atoms with Gasteiger partial charge in [-0.05, 0) is 55.0 Å². The Kier molecular flexibility index (Phi) is 8.69. The lowest BCUT2D eigenvalue weighted by molar-refractivity contribution is -0.171. The maximum atomic E-state index is 13.6. The number of aromatic amines is 1. The maximum absolute atomic E-state index is 13.6. The zero-order chi connectivity index (χ0) is 31.8. The molecule has 1 saturated carbocycles. The third kappa shape index (κ3) is 5.50. The van der Waals surface area contributed by atoms with Crippen LogP contribution < -0.4 is 18.9 Å². The highest BCUT2D eigenvalue weighted by atomic mass is 16.7. The molecule has 2 aromatic carbocycles. The van der Waals surface area contributed by atoms with Crippen molar-refractivity contribution in [2.45, 2.75) is 43.6 Å². The van der Waals surface area contributed by atoms with Gasteiger partial charge < -0.3 is 42.9 Å². The van der Waals surface area contributed by atoms with Crippen LogP contribution in [0.1, 0.15) is 40.5 Å². The van der Waals surface area contributed by atoms with Crippen LogP contribution in [0.5, 0.6) is 23.0 Å². The van der Waals surface area contributed by atoms with E-state index >= 15 is 0 Å². The first kappa shape index (κ1) is 30.8. The van der Waals surface area contributed by atoms with E-state index in [0.717, 1.165) is 37.2 Å². The molecule has 12 heteroatoms. The van der Waals surface area contributed by atoms with Crippen LogP contribution in [0.4, 0.5) is 4.79 Å². The second-order valence-electron chi connectivity index (χ2n) is 11.7. The SMILES string of the molecule is COC(=O)O[C@H]1[C@H]2C[C@@H]3c4[nH]c5cc(OC)ccc5c4CCN3C[C@H]2C[C@@H](OC(=O)c2cc(OC)c(OC)c(OC)c2)[C@H]1OC. The van der Waals surface area contributed by atoms with E-state index in [1.165, 1.54) is 52.2 Å². The zero-order valence-electron chi connectivity index (χ0n) is 26.4. The summed E-state index contributed by atoms with van der Waals surface area (Å²) in [6.07, 6.45) is -0.708. The Morgan fingerprint density at radius 1 is 0.867 bits per heavy atom. The summed E-state index contributed by atoms with van der Waals surface area (Å²) in [4.78, 5) is 32.3. The van der Waals surface area contributed by atoms with Gasteiger partial charge in [0.05, 0.1) is 47.2 Å². The molecule has 0 unspecified atom stereocenters. The van der Waals surface area contributed by atoms with Gasteiger partial charge in [0, 0.05) is 48.8 Å². The lowest BCUT2D eigenvalue weighted by Crippen LogP contribution is -2.59. The molecule has 3 aliphatic rings. The smallest absolute Gasteiger partial charge is 0.497 e. The summed E-state index contributed by atoms with van der Waals surface area (Å²) in [7, 11) is 8.94. The van der Waals surface area contributed by atoms with Crippen LogP contribution in [0, 0.1) is 11.8 Å². The van der Waals surface area contributed by atoms with E-state index in [4.69, 9.17) is 37.9 Å². The van der Waals surface area contributed by atoms with E-state index < -0.39 is 30.4 Å². The van der Waals surface area contributed by atoms with Gasteiger partial charge in [-0.1, -0.05) is 0 Å². The summed E-state index contributed by atoms with van der Waals surface area (Å²) in [6, 6.07) is 9.33. The fourth-order valence-electron chi connectivity index (χ4n) is 7.56. The van der Waals surface area contributed by atoms with Crippen LogP contribution in [-0.2, 0) is 25.4 Å². The molecular weight excluding hydrogens is 584 g/mol. The predicted octanol–water partition coefficient (Wildman–Crippen LogP) is 4.53. The Morgan fingerprint density at radius 2 is 1.62 bits per heavy atom. The van der Waals surface area contributed by atoms with Crippen molar-refractivity contribution in [3.63, 3.8) is 0 Å². The maximum Gasteiger partial charge on any atom is 0.508 e. The van der Waals surface area contributed by atoms with Crippen molar-refractivity contribution in [3.05, 3.63) is 47.2 Å². The average molecular weight is 625 g/mol. The number of hydrogen-bond donors (Lipinski definition) is 1. The summed E-state index contributed by atoms with van der Waals surface area (Å²) >= 11 is 0. The number of ether oxygens (including phenoxy) is 8. The number of rotatable bonds is 8. The molecule has 1 saturated heterocycles. The van der Waals surface area contributed by atoms with Gasteiger partial charge in [0.25, 0.3) is 0 Å². The van der Waals surface area contributed by atoms with Crippen molar-refractivity contribution in [1.29, 1.82) is 0 Å². The lowest BCUT2D eigenvalue weighted by atomic mass is 9.67. The number of benzene rings is 2. The second kappa shape index (κ2) is 12.7. The Morgan fingerprint density at radius 3 is 2.27 bits per heavy atom. The van der Waals surface area contributed by atoms with Crippen molar-refractivity contribution in [1.82, 2.24) is 9.88 Å². The molecule has 6 atom stereocenters. The number of carbonyl (C=O) groups excluding carboxylic acids is 2. The van der Waals surface area contributed by atoms with Crippen LogP contribution >= 0.6 is 0 Å². The summed E-state index contributed by atoms with van der Waals surface area (Å²) in [5.41, 5.74) is 3.77. The van der Waals surface area contributed by atoms with Gasteiger partial charge >= 0.3 is 12.1 Å². The molecule has 0 radical (unpaired) electrons. The van der Waals surface area contributed by atoms with Crippen molar-refractivity contribution in [3.8, 4) is 23.0 Å². The monoisotopic (exact) mass is 624 g/mol. The molecule has 0 bridgehead atoms. The minimum absolute atomic E-state index is 0.0571. The van der Waals surface area contributed by atoms with Crippen LogP contribution in [-0.4, -0.2) is 96.1 Å². The highest BCUT2D eigenvalue weighted by molar-refractivity contribution is 5.91. The zero-order valence-corrected chi connectivity index (χ0v) is 26.4. The van der Waals surface area contributed by atoms with Gasteiger partial charge in [-0.15, -0.1) is 0 Å². The molecule has 0 spiro atoms. The van der Waals surface area contributed by atoms with Crippen molar-refractivity contribution in [2.75, 3.05) is 55.7 Å². The molecule has 2 fully saturated rings. The van der Waals surface area contributed by atoms with Gasteiger partial charge in [-0.2, -0.15) is 0 Å². The molecule has 1 aromatic heterocycles. The predicted molar refractivity (Wildman–Crippen MR) is 162 cm³/mol. The van der Waals surface area contributed by atoms with Crippen LogP contribution in [0.3, 0.4) is 0 Å². The van der Waals surface area contributed by atoms with Gasteiger partial charge in [-0.25, -0.2) is 9.59 Å². The Bertz CT molecular complexity index is 1550. The third-order valence-corrected chi connectivity index (χ3v) is 9.62. The van der Waals surface area contributed by atoms with Gasteiger partial charge in [0.15, 0.2) is 11.5 Å². The normalized spacial score (nSPS) is 25.7. The second-order valence-corrected chi connectivity index (χ2v) is 11.7. The number of esters is 1. The standard InChI is InChI=1S/C33H40N2O10/c1-38-19-7-8-20-21-9-10-35-16-18-13-27(44-32(36)17-11-25(39-2)30(41-4)26(12-17)40-3)31(42-5)29(45-33(37)43-6)22(18)15-24(35)28(21)34-23(20)14-19/h7-8,11-12,14,18,22,24,27,29,31,34H,9-10,13,15-16H2,1-6H3/t18-,22+,24-,27-,29+,31-/m1/s1. The number of carbonyl (C=O) groups is 2. The fourth-order valence-corrected chi connectivity index (χ4v) is 7.56. The van der Waals surface area contributed by atoms with E-state index in [-0.39, 0.29) is 23.4 Å². The molecule has 6 rings (SSSR count). The first-order valence-corrected chi connectivity index (χ1v) is 15.0. The number of piperidine rings is 1. The van der Waals surface area contributed by atoms with E-state index in [1.54, 1.807) is 19.2 Å². The van der Waals surface area contributed by atoms with Gasteiger partial charge in [0.2, 0.25) is 5.75 Å². The van der Waals surface area contributed by atoms with E-state index in [0.29, 0.717) is 23.7 Å². The average Bonchev–Trinajstić information content (AvgIpc) is 3.44. The topological polar surface area (TPSA) is 127 Å². The quantitative estimate of drug-likeness (QED) is 0.355. The number of aromatic nitrogens is 1. The largest absolute Gasteiger partial charge is 0.508 e. The van der Waals surface area contributed by atoms with Crippen LogP contribution in [0.2, 0.25) is 0 Å². The Hall–Kier alpha value is -4.16. The van der Waals surface area contributed by atoms with E-state index in [9.17, 15) is 9.59 Å². The highest BCUT2D eigenvalue weighted by Crippen LogP contribution is 2.49. The van der Waals surface area contributed by atoms with E-state index in [2.05, 4.69) is 16.0 Å². The minimum Gasteiger partial charge on any atom is -0.497 e. The number of methoxy groups -OCH3 is 6. The first-order valence-electron chi connectivity index (χ1n) is 15.0. The number of H-pyrrole nitrogens is 1. The first-order chi connectivity index (χ1) is 21.8. The molecule has 1 aliphatic carbocycles. The molecule has 12 nitrogen and oxygen atoms in total. The van der Waals surface area contributed by atoms with E-state index in [1.807, 2.05) is 12.1 Å². The fraction of sp³-hybridized carbons (Fsp3) is 0.515. The molecule has 0 amide bonds. The van der Waals surface area contributed by atoms with Crippen LogP contribution in [0.25, 0.3) is 10.9 Å². The molecule has 3 aromatic rings. The number of nitrogens with zero attached hydrogens (tertiary/aromatic N) is 1. The summed E-state index contributed by atoms with van der Waals surface area (Å²) in [5, 5.41) is 1.20. The van der Waals surface area contributed by atoms with Crippen molar-refractivity contribution in [2.24, 2.45) is 11.8 Å². The molecule has 242 valence electrons. The Balaban J connectivity index is 1.30. The third-order valence-electron chi connectivity index (χ3n) is 9.62. The van der Waals surface area contributed by atoms with Gasteiger partial charge in [0.1, 0.15) is 24.1 Å². The van der Waals surface area contributed by atoms with Crippen molar-refractivity contribution < 1.29 is 47.5 Å². The summed E-state index contributed by atoms with van der Waals surface area (Å²) < 4.78 is 44.6. The number of hydrogen-bond acceptors (Lipinski definition) is 11. The van der Waals surface area contributed by atoms with Crippen LogP contribution in [0.15, 0.2) is 30.3 Å². The van der Waals surface area contributed by atoms with Gasteiger partial charge in [-0.3, -0.25) is 4.90 Å². The number of nitrogens with one attached hydrogen (secondary N) is 1. The minimum atomic E-state index is -0.804. The Labute approximate surface area is 261 Å². The highest BCUT2D eigenvalue weighted by Gasteiger charge is 2.53. The molecule has 3 heterocycles. The van der Waals surface area contributed by atoms with Crippen molar-refractivity contribution >= 4 is 23.0 Å².